The van der Waals surface area contributed by atoms with E-state index >= 15 is 0 Å². The Hall–Kier alpha value is -2.41. The molecule has 0 radical (unpaired) electrons. The summed E-state index contributed by atoms with van der Waals surface area (Å²) in [5.74, 6) is 0.158. The number of fused-ring (bicyclic) bond motifs is 1. The van der Waals surface area contributed by atoms with Crippen molar-refractivity contribution >= 4 is 35.7 Å². The summed E-state index contributed by atoms with van der Waals surface area (Å²) in [7, 11) is 0. The summed E-state index contributed by atoms with van der Waals surface area (Å²) in [6.45, 7) is 2.74. The van der Waals surface area contributed by atoms with Crippen LogP contribution in [-0.2, 0) is 16.1 Å². The van der Waals surface area contributed by atoms with Crippen molar-refractivity contribution in [2.75, 3.05) is 6.54 Å². The zero-order chi connectivity index (χ0) is 16.6. The third-order valence-corrected chi connectivity index (χ3v) is 4.08. The summed E-state index contributed by atoms with van der Waals surface area (Å²) >= 11 is 5.89. The fourth-order valence-corrected chi connectivity index (χ4v) is 2.87. The Bertz CT molecular complexity index is 688. The van der Waals surface area contributed by atoms with Crippen LogP contribution in [0.1, 0.15) is 12.5 Å². The number of carbonyl (C=O) groups excluding carboxylic acids is 2. The molecule has 2 N–H and O–H groups in total. The molecule has 0 aromatic heterocycles. The molecule has 7 nitrogen and oxygen atoms in total. The minimum Gasteiger partial charge on any atom is -0.341 e. The van der Waals surface area contributed by atoms with Gasteiger partial charge in [0.1, 0.15) is 5.84 Å². The molecular weight excluding hydrogens is 318 g/mol. The molecule has 1 saturated heterocycles. The first-order valence-corrected chi connectivity index (χ1v) is 7.58. The van der Waals surface area contributed by atoms with E-state index < -0.39 is 6.04 Å². The summed E-state index contributed by atoms with van der Waals surface area (Å²) in [5.41, 5.74) is 0.931. The molecule has 0 spiro atoms. The Labute approximate surface area is 138 Å². The number of carbonyl (C=O) groups is 2. The number of aliphatic imine (C=N–C) groups is 1. The topological polar surface area (TPSA) is 88.9 Å². The SMILES string of the molecule is CC1CN2C(=O)C(NC=O)C(=N)N(Cc3ccc(Cl)cc3)C2=N1. The van der Waals surface area contributed by atoms with Crippen LogP contribution in [0.15, 0.2) is 29.3 Å². The average Bonchev–Trinajstić information content (AvgIpc) is 2.92. The van der Waals surface area contributed by atoms with Crippen LogP contribution >= 0.6 is 11.6 Å². The summed E-state index contributed by atoms with van der Waals surface area (Å²) in [6, 6.07) is 6.24. The van der Waals surface area contributed by atoms with Gasteiger partial charge in [0, 0.05) is 5.02 Å². The van der Waals surface area contributed by atoms with E-state index in [4.69, 9.17) is 17.0 Å². The van der Waals surface area contributed by atoms with Gasteiger partial charge in [-0.2, -0.15) is 0 Å². The fraction of sp³-hybridized carbons (Fsp3) is 0.333. The van der Waals surface area contributed by atoms with Crippen molar-refractivity contribution in [3.63, 3.8) is 0 Å². The highest BCUT2D eigenvalue weighted by molar-refractivity contribution is 6.30. The van der Waals surface area contributed by atoms with E-state index in [-0.39, 0.29) is 17.8 Å². The summed E-state index contributed by atoms with van der Waals surface area (Å²) in [6.07, 6.45) is 0.444. The minimum absolute atomic E-state index is 0.0150. The second-order valence-electron chi connectivity index (χ2n) is 5.54. The van der Waals surface area contributed by atoms with E-state index in [2.05, 4.69) is 10.3 Å². The number of halogens is 1. The van der Waals surface area contributed by atoms with Crippen LogP contribution < -0.4 is 5.32 Å². The van der Waals surface area contributed by atoms with Crippen molar-refractivity contribution in [2.24, 2.45) is 4.99 Å². The molecule has 1 fully saturated rings. The van der Waals surface area contributed by atoms with Crippen LogP contribution in [0.4, 0.5) is 0 Å². The molecule has 2 heterocycles. The number of hydrogen-bond donors (Lipinski definition) is 2. The predicted octanol–water partition coefficient (Wildman–Crippen LogP) is 0.834. The van der Waals surface area contributed by atoms with Crippen LogP contribution in [0.3, 0.4) is 0 Å². The van der Waals surface area contributed by atoms with Gasteiger partial charge in [0.05, 0.1) is 19.1 Å². The minimum atomic E-state index is -0.982. The maximum absolute atomic E-state index is 12.4. The molecule has 23 heavy (non-hydrogen) atoms. The van der Waals surface area contributed by atoms with Crippen LogP contribution in [0.5, 0.6) is 0 Å². The molecule has 2 aliphatic heterocycles. The lowest BCUT2D eigenvalue weighted by Crippen LogP contribution is -2.64. The number of nitrogens with zero attached hydrogens (tertiary/aromatic N) is 3. The van der Waals surface area contributed by atoms with E-state index in [1.54, 1.807) is 17.0 Å². The molecule has 2 unspecified atom stereocenters. The van der Waals surface area contributed by atoms with E-state index in [1.165, 1.54) is 4.90 Å². The first-order chi connectivity index (χ1) is 11.0. The Kier molecular flexibility index (Phi) is 4.04. The van der Waals surface area contributed by atoms with Gasteiger partial charge in [0.15, 0.2) is 6.04 Å². The predicted molar refractivity (Wildman–Crippen MR) is 86.3 cm³/mol. The van der Waals surface area contributed by atoms with Crippen molar-refractivity contribution in [1.82, 2.24) is 15.1 Å². The maximum atomic E-state index is 12.4. The van der Waals surface area contributed by atoms with Crippen LogP contribution in [0.2, 0.25) is 5.02 Å². The normalized spacial score (nSPS) is 23.7. The van der Waals surface area contributed by atoms with Gasteiger partial charge in [0.25, 0.3) is 5.91 Å². The van der Waals surface area contributed by atoms with Crippen molar-refractivity contribution < 1.29 is 9.59 Å². The quantitative estimate of drug-likeness (QED) is 0.800. The van der Waals surface area contributed by atoms with Gasteiger partial charge >= 0.3 is 0 Å². The van der Waals surface area contributed by atoms with Gasteiger partial charge in [0.2, 0.25) is 12.4 Å². The Morgan fingerprint density at radius 3 is 2.78 bits per heavy atom. The van der Waals surface area contributed by atoms with Crippen LogP contribution in [0, 0.1) is 5.41 Å². The van der Waals surface area contributed by atoms with Crippen LogP contribution in [0.25, 0.3) is 0 Å². The van der Waals surface area contributed by atoms with Crippen molar-refractivity contribution in [2.45, 2.75) is 25.6 Å². The van der Waals surface area contributed by atoms with E-state index in [9.17, 15) is 9.59 Å². The number of nitrogens with one attached hydrogen (secondary N) is 2. The average molecular weight is 334 g/mol. The second-order valence-corrected chi connectivity index (χ2v) is 5.98. The Morgan fingerprint density at radius 1 is 1.43 bits per heavy atom. The molecular formula is C15H16ClN5O2. The summed E-state index contributed by atoms with van der Waals surface area (Å²) in [4.78, 5) is 30.9. The van der Waals surface area contributed by atoms with Crippen LogP contribution in [-0.4, -0.2) is 52.5 Å². The maximum Gasteiger partial charge on any atom is 0.259 e. The number of amides is 2. The van der Waals surface area contributed by atoms with E-state index in [1.807, 2.05) is 19.1 Å². The molecule has 3 rings (SSSR count). The Balaban J connectivity index is 1.93. The molecule has 1 aromatic rings. The van der Waals surface area contributed by atoms with Crippen molar-refractivity contribution in [1.29, 1.82) is 5.41 Å². The zero-order valence-electron chi connectivity index (χ0n) is 12.5. The molecule has 0 saturated carbocycles. The number of rotatable bonds is 4. The molecule has 8 heteroatoms. The molecule has 120 valence electrons. The lowest BCUT2D eigenvalue weighted by atomic mass is 10.1. The Morgan fingerprint density at radius 2 is 2.13 bits per heavy atom. The van der Waals surface area contributed by atoms with Gasteiger partial charge in [-0.05, 0) is 24.6 Å². The molecule has 2 aliphatic rings. The van der Waals surface area contributed by atoms with Gasteiger partial charge < -0.3 is 5.32 Å². The van der Waals surface area contributed by atoms with Gasteiger partial charge in [-0.3, -0.25) is 24.8 Å². The molecule has 2 amide bonds. The number of hydrogen-bond acceptors (Lipinski definition) is 4. The smallest absolute Gasteiger partial charge is 0.259 e. The molecule has 0 bridgehead atoms. The number of amidine groups is 1. The second kappa shape index (κ2) is 6.00. The van der Waals surface area contributed by atoms with E-state index in [0.29, 0.717) is 30.5 Å². The fourth-order valence-electron chi connectivity index (χ4n) is 2.74. The summed E-state index contributed by atoms with van der Waals surface area (Å²) in [5, 5.41) is 11.3. The van der Waals surface area contributed by atoms with Crippen molar-refractivity contribution in [3.8, 4) is 0 Å². The third-order valence-electron chi connectivity index (χ3n) is 3.83. The number of benzene rings is 1. The zero-order valence-corrected chi connectivity index (χ0v) is 13.2. The highest BCUT2D eigenvalue weighted by Crippen LogP contribution is 2.22. The lowest BCUT2D eigenvalue weighted by molar-refractivity contribution is -0.130. The molecule has 2 atom stereocenters. The standard InChI is InChI=1S/C15H16ClN5O2/c1-9-6-21-14(23)12(18-8-22)13(17)20(15(21)19-9)7-10-2-4-11(16)5-3-10/h2-5,8-9,12,17H,6-7H2,1H3,(H,18,22). The lowest BCUT2D eigenvalue weighted by Gasteiger charge is -2.38. The highest BCUT2D eigenvalue weighted by atomic mass is 35.5. The first kappa shape index (κ1) is 15.5. The van der Waals surface area contributed by atoms with Gasteiger partial charge in [-0.25, -0.2) is 4.99 Å². The number of guanidine groups is 1. The monoisotopic (exact) mass is 333 g/mol. The van der Waals surface area contributed by atoms with Gasteiger partial charge in [-0.1, -0.05) is 23.7 Å². The molecule has 0 aliphatic carbocycles. The largest absolute Gasteiger partial charge is 0.341 e. The van der Waals surface area contributed by atoms with E-state index in [0.717, 1.165) is 5.56 Å². The summed E-state index contributed by atoms with van der Waals surface area (Å²) < 4.78 is 0. The van der Waals surface area contributed by atoms with Crippen molar-refractivity contribution in [3.05, 3.63) is 34.9 Å². The highest BCUT2D eigenvalue weighted by Gasteiger charge is 2.44. The van der Waals surface area contributed by atoms with Gasteiger partial charge in [-0.15, -0.1) is 0 Å². The first-order valence-electron chi connectivity index (χ1n) is 7.20. The molecule has 1 aromatic carbocycles. The third kappa shape index (κ3) is 2.79.